The summed E-state index contributed by atoms with van der Waals surface area (Å²) in [5.74, 6) is -0.274. The van der Waals surface area contributed by atoms with E-state index in [1.165, 1.54) is 12.0 Å². The maximum absolute atomic E-state index is 13.5. The second-order valence-electron chi connectivity index (χ2n) is 9.38. The van der Waals surface area contributed by atoms with Gasteiger partial charge in [0.2, 0.25) is 0 Å². The largest absolute Gasteiger partial charge is 0.496 e. The monoisotopic (exact) mass is 493 g/mol. The fourth-order valence-electron chi connectivity index (χ4n) is 4.39. The van der Waals surface area contributed by atoms with Crippen LogP contribution in [0.5, 0.6) is 5.75 Å². The molecule has 0 atom stereocenters. The van der Waals surface area contributed by atoms with Crippen molar-refractivity contribution in [2.24, 2.45) is 5.92 Å². The van der Waals surface area contributed by atoms with Crippen molar-refractivity contribution in [2.75, 3.05) is 39.9 Å². The van der Waals surface area contributed by atoms with Crippen molar-refractivity contribution in [3.05, 3.63) is 64.7 Å². The van der Waals surface area contributed by atoms with Gasteiger partial charge < -0.3 is 19.3 Å². The highest BCUT2D eigenvalue weighted by molar-refractivity contribution is 6.21. The highest BCUT2D eigenvalue weighted by Crippen LogP contribution is 2.27. The third kappa shape index (κ3) is 5.19. The van der Waals surface area contributed by atoms with Crippen LogP contribution in [0.15, 0.2) is 42.5 Å². The van der Waals surface area contributed by atoms with Crippen LogP contribution in [0.2, 0.25) is 0 Å². The Kier molecular flexibility index (Phi) is 7.57. The van der Waals surface area contributed by atoms with Gasteiger partial charge >= 0.3 is 6.09 Å². The first-order valence-corrected chi connectivity index (χ1v) is 12.1. The number of benzene rings is 2. The molecule has 2 aliphatic rings. The summed E-state index contributed by atoms with van der Waals surface area (Å²) in [4.78, 5) is 55.9. The summed E-state index contributed by atoms with van der Waals surface area (Å²) in [5.41, 5.74) is 1.76. The third-order valence-electron chi connectivity index (χ3n) is 6.29. The zero-order chi connectivity index (χ0) is 25.8. The van der Waals surface area contributed by atoms with Crippen molar-refractivity contribution in [3.63, 3.8) is 0 Å². The average Bonchev–Trinajstić information content (AvgIpc) is 3.04. The number of nitrogens with zero attached hydrogens (tertiary/aromatic N) is 3. The van der Waals surface area contributed by atoms with Crippen molar-refractivity contribution < 1.29 is 28.7 Å². The lowest BCUT2D eigenvalue weighted by molar-refractivity contribution is 0.0642. The Morgan fingerprint density at radius 3 is 2.19 bits per heavy atom. The van der Waals surface area contributed by atoms with Crippen molar-refractivity contribution in [1.29, 1.82) is 0 Å². The molecule has 0 N–H and O–H groups in total. The molecule has 36 heavy (non-hydrogen) atoms. The number of hydrogen-bond acceptors (Lipinski definition) is 6. The molecule has 9 heteroatoms. The zero-order valence-corrected chi connectivity index (χ0v) is 20.9. The van der Waals surface area contributed by atoms with Crippen LogP contribution in [0.4, 0.5) is 4.79 Å². The van der Waals surface area contributed by atoms with Crippen molar-refractivity contribution in [2.45, 2.75) is 26.8 Å². The van der Waals surface area contributed by atoms with E-state index in [1.54, 1.807) is 52.3 Å². The van der Waals surface area contributed by atoms with Gasteiger partial charge in [0.15, 0.2) is 0 Å². The van der Waals surface area contributed by atoms with Crippen LogP contribution in [-0.4, -0.2) is 78.4 Å². The summed E-state index contributed by atoms with van der Waals surface area (Å²) in [7, 11) is 1.49. The number of hydrogen-bond donors (Lipinski definition) is 0. The van der Waals surface area contributed by atoms with Gasteiger partial charge in [-0.05, 0) is 42.2 Å². The third-order valence-corrected chi connectivity index (χ3v) is 6.29. The Morgan fingerprint density at radius 1 is 0.917 bits per heavy atom. The van der Waals surface area contributed by atoms with Gasteiger partial charge in [-0.1, -0.05) is 32.0 Å². The normalized spacial score (nSPS) is 15.7. The number of amides is 4. The van der Waals surface area contributed by atoms with E-state index in [0.29, 0.717) is 67.2 Å². The molecule has 190 valence electrons. The van der Waals surface area contributed by atoms with Gasteiger partial charge in [0, 0.05) is 26.2 Å². The maximum Gasteiger partial charge on any atom is 0.409 e. The molecule has 1 fully saturated rings. The van der Waals surface area contributed by atoms with Crippen LogP contribution in [0.1, 0.15) is 56.9 Å². The molecule has 0 saturated carbocycles. The standard InChI is InChI=1S/C27H31N3O6/c1-18(2)17-36-27(34)29-12-6-11-28(13-14-29)24(31)22-15-19(9-10-23(22)35-3)16-30-25(32)20-7-4-5-8-21(20)26(30)33/h4-5,7-10,15,18H,6,11-14,16-17H2,1-3H3. The summed E-state index contributed by atoms with van der Waals surface area (Å²) < 4.78 is 10.8. The number of carbonyl (C=O) groups excluding carboxylic acids is 4. The highest BCUT2D eigenvalue weighted by Gasteiger charge is 2.35. The van der Waals surface area contributed by atoms with Crippen LogP contribution in [0.25, 0.3) is 0 Å². The number of fused-ring (bicyclic) bond motifs is 1. The first kappa shape index (κ1) is 25.2. The number of rotatable bonds is 6. The van der Waals surface area contributed by atoms with Gasteiger partial charge in [-0.25, -0.2) is 4.79 Å². The van der Waals surface area contributed by atoms with E-state index < -0.39 is 0 Å². The Hall–Kier alpha value is -3.88. The van der Waals surface area contributed by atoms with E-state index >= 15 is 0 Å². The predicted molar refractivity (Wildman–Crippen MR) is 132 cm³/mol. The minimum Gasteiger partial charge on any atom is -0.496 e. The molecular weight excluding hydrogens is 462 g/mol. The van der Waals surface area contributed by atoms with Gasteiger partial charge in [0.25, 0.3) is 17.7 Å². The number of carbonyl (C=O) groups is 4. The molecule has 2 heterocycles. The Bertz CT molecular complexity index is 1140. The van der Waals surface area contributed by atoms with E-state index in [-0.39, 0.29) is 36.3 Å². The molecule has 2 aromatic carbocycles. The quantitative estimate of drug-likeness (QED) is 0.572. The summed E-state index contributed by atoms with van der Waals surface area (Å²) in [6, 6.07) is 11.8. The molecule has 0 bridgehead atoms. The number of methoxy groups -OCH3 is 1. The Balaban J connectivity index is 1.47. The molecule has 2 aromatic rings. The zero-order valence-electron chi connectivity index (χ0n) is 20.9. The van der Waals surface area contributed by atoms with E-state index in [2.05, 4.69) is 0 Å². The number of ether oxygens (including phenoxy) is 2. The molecule has 4 amide bonds. The maximum atomic E-state index is 13.5. The van der Waals surface area contributed by atoms with E-state index in [0.717, 1.165) is 0 Å². The van der Waals surface area contributed by atoms with E-state index in [1.807, 2.05) is 13.8 Å². The van der Waals surface area contributed by atoms with Crippen LogP contribution in [0, 0.1) is 5.92 Å². The minimum atomic E-state index is -0.362. The van der Waals surface area contributed by atoms with Crippen LogP contribution in [0.3, 0.4) is 0 Å². The van der Waals surface area contributed by atoms with Gasteiger partial charge in [0.1, 0.15) is 5.75 Å². The lowest BCUT2D eigenvalue weighted by atomic mass is 10.1. The molecular formula is C27H31N3O6. The van der Waals surface area contributed by atoms with Gasteiger partial charge in [-0.15, -0.1) is 0 Å². The summed E-state index contributed by atoms with van der Waals surface area (Å²) in [6.07, 6.45) is 0.262. The SMILES string of the molecule is COc1ccc(CN2C(=O)c3ccccc3C2=O)cc1C(=O)N1CCCN(C(=O)OCC(C)C)CC1. The molecule has 0 spiro atoms. The molecule has 2 aliphatic heterocycles. The molecule has 0 aromatic heterocycles. The summed E-state index contributed by atoms with van der Waals surface area (Å²) in [5, 5.41) is 0. The second kappa shape index (κ2) is 10.8. The molecule has 4 rings (SSSR count). The molecule has 0 radical (unpaired) electrons. The van der Waals surface area contributed by atoms with Gasteiger partial charge in [-0.2, -0.15) is 0 Å². The minimum absolute atomic E-state index is 0.0477. The highest BCUT2D eigenvalue weighted by atomic mass is 16.6. The van der Waals surface area contributed by atoms with E-state index in [4.69, 9.17) is 9.47 Å². The Morgan fingerprint density at radius 2 is 1.56 bits per heavy atom. The fourth-order valence-corrected chi connectivity index (χ4v) is 4.39. The first-order valence-electron chi connectivity index (χ1n) is 12.1. The van der Waals surface area contributed by atoms with Gasteiger partial charge in [-0.3, -0.25) is 19.3 Å². The fraction of sp³-hybridized carbons (Fsp3) is 0.407. The average molecular weight is 494 g/mol. The van der Waals surface area contributed by atoms with Crippen LogP contribution >= 0.6 is 0 Å². The smallest absolute Gasteiger partial charge is 0.409 e. The summed E-state index contributed by atoms with van der Waals surface area (Å²) in [6.45, 7) is 6.09. The van der Waals surface area contributed by atoms with Crippen molar-refractivity contribution in [1.82, 2.24) is 14.7 Å². The van der Waals surface area contributed by atoms with Crippen molar-refractivity contribution >= 4 is 23.8 Å². The first-order chi connectivity index (χ1) is 17.3. The predicted octanol–water partition coefficient (Wildman–Crippen LogP) is 3.43. The van der Waals surface area contributed by atoms with Crippen molar-refractivity contribution in [3.8, 4) is 5.75 Å². The molecule has 1 saturated heterocycles. The Labute approximate surface area is 210 Å². The lowest BCUT2D eigenvalue weighted by Gasteiger charge is -2.23. The van der Waals surface area contributed by atoms with Gasteiger partial charge in [0.05, 0.1) is 37.0 Å². The summed E-state index contributed by atoms with van der Waals surface area (Å²) >= 11 is 0. The number of imide groups is 1. The lowest BCUT2D eigenvalue weighted by Crippen LogP contribution is -2.38. The van der Waals surface area contributed by atoms with Crippen LogP contribution in [-0.2, 0) is 11.3 Å². The molecule has 9 nitrogen and oxygen atoms in total. The van der Waals surface area contributed by atoms with E-state index in [9.17, 15) is 19.2 Å². The molecule has 0 unspecified atom stereocenters. The van der Waals surface area contributed by atoms with Crippen LogP contribution < -0.4 is 4.74 Å². The molecule has 0 aliphatic carbocycles. The topological polar surface area (TPSA) is 96.5 Å². The second-order valence-corrected chi connectivity index (χ2v) is 9.38.